The van der Waals surface area contributed by atoms with Crippen molar-refractivity contribution in [2.45, 2.75) is 31.7 Å². The number of benzene rings is 2. The van der Waals surface area contributed by atoms with Crippen molar-refractivity contribution in [1.82, 2.24) is 14.7 Å². The molecule has 0 radical (unpaired) electrons. The quantitative estimate of drug-likeness (QED) is 0.480. The highest BCUT2D eigenvalue weighted by atomic mass is 35.5. The Morgan fingerprint density at radius 3 is 2.70 bits per heavy atom. The SMILES string of the molecule is CCc1nc(Cn2c(=O)oc3cc(S(=O)(=O)Nc4ccc(Cl)cc4C)ccc32)no1. The third-order valence-electron chi connectivity index (χ3n) is 4.49. The summed E-state index contributed by atoms with van der Waals surface area (Å²) in [6.07, 6.45) is 0.579. The molecule has 0 aliphatic heterocycles. The third kappa shape index (κ3) is 3.83. The number of aromatic nitrogens is 3. The van der Waals surface area contributed by atoms with Crippen LogP contribution < -0.4 is 10.5 Å². The smallest absolute Gasteiger partial charge is 0.408 e. The van der Waals surface area contributed by atoms with Gasteiger partial charge in [-0.2, -0.15) is 4.98 Å². The summed E-state index contributed by atoms with van der Waals surface area (Å²) in [5.74, 6) is 0.139. The number of halogens is 1. The van der Waals surface area contributed by atoms with E-state index < -0.39 is 15.8 Å². The Kier molecular flexibility index (Phi) is 5.12. The molecule has 0 saturated carbocycles. The second kappa shape index (κ2) is 7.62. The molecule has 0 bridgehead atoms. The number of sulfonamides is 1. The third-order valence-corrected chi connectivity index (χ3v) is 6.09. The first-order valence-corrected chi connectivity index (χ1v) is 10.9. The first kappa shape index (κ1) is 20.2. The topological polar surface area (TPSA) is 120 Å². The molecule has 2 aromatic carbocycles. The lowest BCUT2D eigenvalue weighted by atomic mass is 10.2. The van der Waals surface area contributed by atoms with Gasteiger partial charge in [0.2, 0.25) is 5.89 Å². The van der Waals surface area contributed by atoms with E-state index in [4.69, 9.17) is 20.5 Å². The Morgan fingerprint density at radius 2 is 2.00 bits per heavy atom. The molecule has 156 valence electrons. The molecule has 0 saturated heterocycles. The van der Waals surface area contributed by atoms with E-state index in [1.807, 2.05) is 6.92 Å². The van der Waals surface area contributed by atoms with Gasteiger partial charge < -0.3 is 8.94 Å². The van der Waals surface area contributed by atoms with Gasteiger partial charge in [0.25, 0.3) is 10.0 Å². The van der Waals surface area contributed by atoms with Gasteiger partial charge in [0.1, 0.15) is 0 Å². The van der Waals surface area contributed by atoms with Crippen LogP contribution in [0.5, 0.6) is 0 Å². The van der Waals surface area contributed by atoms with Crippen LogP contribution in [-0.2, 0) is 23.0 Å². The van der Waals surface area contributed by atoms with Crippen LogP contribution in [0.15, 0.2) is 55.0 Å². The average molecular weight is 449 g/mol. The standard InChI is InChI=1S/C19H17ClN4O5S/c1-3-18-21-17(22-29-18)10-24-15-7-5-13(9-16(15)28-19(24)25)30(26,27)23-14-6-4-12(20)8-11(14)2/h4-9,23H,3,10H2,1-2H3. The molecule has 30 heavy (non-hydrogen) atoms. The average Bonchev–Trinajstić information content (AvgIpc) is 3.28. The van der Waals surface area contributed by atoms with Gasteiger partial charge in [0, 0.05) is 17.5 Å². The summed E-state index contributed by atoms with van der Waals surface area (Å²) in [4.78, 5) is 16.4. The summed E-state index contributed by atoms with van der Waals surface area (Å²) in [5, 5.41) is 4.33. The number of nitrogens with one attached hydrogen (secondary N) is 1. The van der Waals surface area contributed by atoms with E-state index in [-0.39, 0.29) is 17.0 Å². The lowest BCUT2D eigenvalue weighted by Gasteiger charge is -2.11. The maximum Gasteiger partial charge on any atom is 0.420 e. The summed E-state index contributed by atoms with van der Waals surface area (Å²) >= 11 is 5.92. The first-order chi connectivity index (χ1) is 14.3. The molecule has 0 aliphatic rings. The van der Waals surface area contributed by atoms with Gasteiger partial charge in [0.05, 0.1) is 22.6 Å². The van der Waals surface area contributed by atoms with Crippen molar-refractivity contribution in [2.75, 3.05) is 4.72 Å². The second-order valence-electron chi connectivity index (χ2n) is 6.61. The Balaban J connectivity index is 1.67. The Hall–Kier alpha value is -3.11. The molecule has 0 fully saturated rings. The number of fused-ring (bicyclic) bond motifs is 1. The molecule has 0 unspecified atom stereocenters. The van der Waals surface area contributed by atoms with E-state index in [2.05, 4.69) is 14.9 Å². The van der Waals surface area contributed by atoms with E-state index in [0.29, 0.717) is 39.9 Å². The second-order valence-corrected chi connectivity index (χ2v) is 8.73. The minimum Gasteiger partial charge on any atom is -0.408 e. The number of oxazole rings is 1. The lowest BCUT2D eigenvalue weighted by molar-refractivity contribution is 0.375. The number of rotatable bonds is 6. The van der Waals surface area contributed by atoms with Gasteiger partial charge in [-0.1, -0.05) is 23.7 Å². The van der Waals surface area contributed by atoms with Crippen LogP contribution >= 0.6 is 11.6 Å². The van der Waals surface area contributed by atoms with E-state index in [0.717, 1.165) is 0 Å². The molecule has 2 heterocycles. The molecule has 1 N–H and O–H groups in total. The van der Waals surface area contributed by atoms with Gasteiger partial charge in [-0.3, -0.25) is 9.29 Å². The van der Waals surface area contributed by atoms with Gasteiger partial charge >= 0.3 is 5.76 Å². The van der Waals surface area contributed by atoms with Crippen LogP contribution in [0.3, 0.4) is 0 Å². The minimum absolute atomic E-state index is 0.0434. The predicted molar refractivity (Wildman–Crippen MR) is 110 cm³/mol. The van der Waals surface area contributed by atoms with Crippen LogP contribution in [0.1, 0.15) is 24.2 Å². The van der Waals surface area contributed by atoms with Crippen molar-refractivity contribution < 1.29 is 17.4 Å². The Morgan fingerprint density at radius 1 is 1.20 bits per heavy atom. The molecular weight excluding hydrogens is 432 g/mol. The van der Waals surface area contributed by atoms with Crippen molar-refractivity contribution in [3.8, 4) is 0 Å². The lowest BCUT2D eigenvalue weighted by Crippen LogP contribution is -2.16. The normalized spacial score (nSPS) is 11.8. The molecule has 2 aromatic heterocycles. The fraction of sp³-hybridized carbons (Fsp3) is 0.211. The summed E-state index contributed by atoms with van der Waals surface area (Å²) in [5.41, 5.74) is 1.64. The van der Waals surface area contributed by atoms with Crippen LogP contribution in [0.4, 0.5) is 5.69 Å². The molecule has 9 nitrogen and oxygen atoms in total. The highest BCUT2D eigenvalue weighted by Crippen LogP contribution is 2.25. The zero-order valence-corrected chi connectivity index (χ0v) is 17.6. The molecule has 0 amide bonds. The highest BCUT2D eigenvalue weighted by molar-refractivity contribution is 7.92. The monoisotopic (exact) mass is 448 g/mol. The zero-order chi connectivity index (χ0) is 21.5. The highest BCUT2D eigenvalue weighted by Gasteiger charge is 2.19. The number of hydrogen-bond acceptors (Lipinski definition) is 7. The predicted octanol–water partition coefficient (Wildman–Crippen LogP) is 3.35. The van der Waals surface area contributed by atoms with Crippen molar-refractivity contribution in [1.29, 1.82) is 0 Å². The van der Waals surface area contributed by atoms with E-state index >= 15 is 0 Å². The Bertz CT molecular complexity index is 1400. The molecule has 4 rings (SSSR count). The first-order valence-electron chi connectivity index (χ1n) is 9.00. The van der Waals surface area contributed by atoms with E-state index in [1.165, 1.54) is 22.8 Å². The molecular formula is C19H17ClN4O5S. The number of nitrogens with zero attached hydrogens (tertiary/aromatic N) is 3. The van der Waals surface area contributed by atoms with Crippen molar-refractivity contribution in [3.05, 3.63) is 69.3 Å². The summed E-state index contributed by atoms with van der Waals surface area (Å²) in [6.45, 7) is 3.66. The number of hydrogen-bond donors (Lipinski definition) is 1. The molecule has 0 aliphatic carbocycles. The van der Waals surface area contributed by atoms with Gasteiger partial charge in [-0.05, 0) is 42.8 Å². The molecule has 11 heteroatoms. The fourth-order valence-electron chi connectivity index (χ4n) is 2.95. The Labute approximate surface area is 176 Å². The van der Waals surface area contributed by atoms with Crippen LogP contribution in [0, 0.1) is 6.92 Å². The number of anilines is 1. The van der Waals surface area contributed by atoms with Crippen LogP contribution in [0.2, 0.25) is 5.02 Å². The van der Waals surface area contributed by atoms with Gasteiger partial charge in [-0.15, -0.1) is 0 Å². The summed E-state index contributed by atoms with van der Waals surface area (Å²) in [7, 11) is -3.91. The summed E-state index contributed by atoms with van der Waals surface area (Å²) in [6, 6.07) is 9.04. The largest absolute Gasteiger partial charge is 0.420 e. The zero-order valence-electron chi connectivity index (χ0n) is 16.0. The van der Waals surface area contributed by atoms with Crippen molar-refractivity contribution in [2.24, 2.45) is 0 Å². The van der Waals surface area contributed by atoms with E-state index in [1.54, 1.807) is 25.1 Å². The maximum absolute atomic E-state index is 12.8. The van der Waals surface area contributed by atoms with Gasteiger partial charge in [0.15, 0.2) is 11.4 Å². The molecule has 4 aromatic rings. The van der Waals surface area contributed by atoms with Gasteiger partial charge in [-0.25, -0.2) is 13.2 Å². The van der Waals surface area contributed by atoms with E-state index in [9.17, 15) is 13.2 Å². The molecule has 0 atom stereocenters. The number of aryl methyl sites for hydroxylation is 2. The minimum atomic E-state index is -3.91. The maximum atomic E-state index is 12.8. The fourth-order valence-corrected chi connectivity index (χ4v) is 4.32. The van der Waals surface area contributed by atoms with Crippen LogP contribution in [0.25, 0.3) is 11.1 Å². The summed E-state index contributed by atoms with van der Waals surface area (Å²) < 4.78 is 39.7. The van der Waals surface area contributed by atoms with Crippen LogP contribution in [-0.4, -0.2) is 23.1 Å². The van der Waals surface area contributed by atoms with Crippen molar-refractivity contribution >= 4 is 38.4 Å². The molecule has 0 spiro atoms. The van der Waals surface area contributed by atoms with Crippen molar-refractivity contribution in [3.63, 3.8) is 0 Å².